The Balaban J connectivity index is 1.53. The van der Waals surface area contributed by atoms with Crippen LogP contribution in [0.5, 0.6) is 0 Å². The Kier molecular flexibility index (Phi) is 6.26. The third kappa shape index (κ3) is 3.62. The summed E-state index contributed by atoms with van der Waals surface area (Å²) in [6.07, 6.45) is 12.5. The summed E-state index contributed by atoms with van der Waals surface area (Å²) in [4.78, 5) is 0. The van der Waals surface area contributed by atoms with Crippen molar-refractivity contribution in [3.8, 4) is 0 Å². The molecule has 4 aliphatic rings. The lowest BCUT2D eigenvalue weighted by Crippen LogP contribution is -2.54. The van der Waals surface area contributed by atoms with Crippen molar-refractivity contribution >= 4 is 0 Å². The molecule has 0 heterocycles. The Morgan fingerprint density at radius 2 is 1.67 bits per heavy atom. The molecular formula is C28H48O2. The minimum Gasteiger partial charge on any atom is -0.393 e. The van der Waals surface area contributed by atoms with Gasteiger partial charge in [-0.3, -0.25) is 0 Å². The van der Waals surface area contributed by atoms with Crippen molar-refractivity contribution in [2.24, 2.45) is 52.3 Å². The molecule has 30 heavy (non-hydrogen) atoms. The average Bonchev–Trinajstić information content (AvgIpc) is 3.04. The zero-order chi connectivity index (χ0) is 21.8. The van der Waals surface area contributed by atoms with Crippen LogP contribution in [0.1, 0.15) is 99.3 Å². The van der Waals surface area contributed by atoms with Crippen molar-refractivity contribution in [1.29, 1.82) is 0 Å². The van der Waals surface area contributed by atoms with Gasteiger partial charge >= 0.3 is 0 Å². The van der Waals surface area contributed by atoms with Gasteiger partial charge in [-0.25, -0.2) is 0 Å². The molecule has 0 aromatic rings. The van der Waals surface area contributed by atoms with Gasteiger partial charge in [0.15, 0.2) is 0 Å². The maximum atomic E-state index is 11.3. The van der Waals surface area contributed by atoms with Gasteiger partial charge in [-0.15, -0.1) is 0 Å². The highest BCUT2D eigenvalue weighted by Gasteiger charge is 2.61. The van der Waals surface area contributed by atoms with Crippen LogP contribution < -0.4 is 0 Å². The lowest BCUT2D eigenvalue weighted by molar-refractivity contribution is -0.0971. The normalized spacial score (nSPS) is 47.8. The van der Waals surface area contributed by atoms with Crippen LogP contribution >= 0.6 is 0 Å². The Bertz CT molecular complexity index is 653. The second-order valence-corrected chi connectivity index (χ2v) is 12.8. The molecule has 0 aromatic carbocycles. The lowest BCUT2D eigenvalue weighted by Gasteiger charge is -2.59. The highest BCUT2D eigenvalue weighted by Crippen LogP contribution is 2.67. The van der Waals surface area contributed by atoms with Gasteiger partial charge in [-0.05, 0) is 97.2 Å². The van der Waals surface area contributed by atoms with E-state index >= 15 is 0 Å². The number of fused-ring (bicyclic) bond motifs is 5. The van der Waals surface area contributed by atoms with E-state index in [2.05, 4.69) is 47.6 Å². The molecule has 0 bridgehead atoms. The largest absolute Gasteiger partial charge is 0.393 e. The Hall–Kier alpha value is -0.340. The lowest BCUT2D eigenvalue weighted by atomic mass is 9.46. The van der Waals surface area contributed by atoms with Crippen molar-refractivity contribution in [3.05, 3.63) is 11.6 Å². The summed E-state index contributed by atoms with van der Waals surface area (Å²) in [5.74, 6) is 4.92. The highest BCUT2D eigenvalue weighted by molar-refractivity contribution is 5.27. The number of aliphatic hydroxyl groups excluding tert-OH is 2. The fourth-order valence-corrected chi connectivity index (χ4v) is 8.67. The van der Waals surface area contributed by atoms with E-state index in [0.717, 1.165) is 42.9 Å². The van der Waals surface area contributed by atoms with Crippen LogP contribution in [0.4, 0.5) is 0 Å². The second-order valence-electron chi connectivity index (χ2n) is 12.8. The van der Waals surface area contributed by atoms with Gasteiger partial charge in [0.2, 0.25) is 0 Å². The Labute approximate surface area is 185 Å². The SMILES string of the molecule is CC(C)[C@H](C)CC[C@@H](C)[C@H]1CCC2C3C(CC[C@@]21C)[C@@]1(C)CC[C@H](O)CC1=C[C@@H]3O. The predicted octanol–water partition coefficient (Wildman–Crippen LogP) is 6.61. The predicted molar refractivity (Wildman–Crippen MR) is 125 cm³/mol. The molecule has 3 unspecified atom stereocenters. The zero-order valence-electron chi connectivity index (χ0n) is 20.5. The fraction of sp³-hybridized carbons (Fsp3) is 0.929. The molecule has 0 aliphatic heterocycles. The van der Waals surface area contributed by atoms with Crippen molar-refractivity contribution in [3.63, 3.8) is 0 Å². The summed E-state index contributed by atoms with van der Waals surface area (Å²) in [5.41, 5.74) is 1.98. The first-order valence-electron chi connectivity index (χ1n) is 13.1. The molecule has 4 aliphatic carbocycles. The van der Waals surface area contributed by atoms with E-state index in [9.17, 15) is 10.2 Å². The van der Waals surface area contributed by atoms with Crippen LogP contribution in [0, 0.1) is 52.3 Å². The van der Waals surface area contributed by atoms with E-state index in [1.807, 2.05) is 0 Å². The highest BCUT2D eigenvalue weighted by atomic mass is 16.3. The van der Waals surface area contributed by atoms with E-state index in [-0.39, 0.29) is 17.6 Å². The molecule has 2 heteroatoms. The standard InChI is InChI=1S/C28H48O2/c1-17(2)18(3)7-8-19(4)22-9-10-23-26-24(12-14-28(22,23)6)27(5)13-11-21(29)15-20(27)16-25(26)30/h16-19,21-26,29-30H,7-15H2,1-6H3/t18-,19-,21+,22-,23?,24?,25+,26?,27+,28-/m1/s1. The molecule has 0 amide bonds. The first kappa shape index (κ1) is 22.8. The molecule has 2 nitrogen and oxygen atoms in total. The Morgan fingerprint density at radius 3 is 2.37 bits per heavy atom. The van der Waals surface area contributed by atoms with Crippen LogP contribution in [0.3, 0.4) is 0 Å². The molecule has 0 radical (unpaired) electrons. The maximum Gasteiger partial charge on any atom is 0.0757 e. The number of hydrogen-bond donors (Lipinski definition) is 2. The topological polar surface area (TPSA) is 40.5 Å². The van der Waals surface area contributed by atoms with Gasteiger partial charge in [0, 0.05) is 0 Å². The van der Waals surface area contributed by atoms with Gasteiger partial charge in [0.25, 0.3) is 0 Å². The molecule has 2 N–H and O–H groups in total. The number of aliphatic hydroxyl groups is 2. The van der Waals surface area contributed by atoms with Gasteiger partial charge in [0.05, 0.1) is 12.2 Å². The minimum absolute atomic E-state index is 0.202. The zero-order valence-corrected chi connectivity index (χ0v) is 20.5. The monoisotopic (exact) mass is 416 g/mol. The molecule has 10 atom stereocenters. The second kappa shape index (κ2) is 8.22. The molecule has 172 valence electrons. The van der Waals surface area contributed by atoms with Gasteiger partial charge in [0.1, 0.15) is 0 Å². The molecule has 4 rings (SSSR count). The van der Waals surface area contributed by atoms with Crippen LogP contribution in [0.15, 0.2) is 11.6 Å². The summed E-state index contributed by atoms with van der Waals surface area (Å²) in [7, 11) is 0. The molecular weight excluding hydrogens is 368 g/mol. The molecule has 3 saturated carbocycles. The van der Waals surface area contributed by atoms with E-state index < -0.39 is 0 Å². The summed E-state index contributed by atoms with van der Waals surface area (Å²) in [5, 5.41) is 21.5. The van der Waals surface area contributed by atoms with Crippen LogP contribution in [0.2, 0.25) is 0 Å². The van der Waals surface area contributed by atoms with Gasteiger partial charge in [-0.2, -0.15) is 0 Å². The quantitative estimate of drug-likeness (QED) is 0.495. The van der Waals surface area contributed by atoms with Crippen LogP contribution in [-0.4, -0.2) is 22.4 Å². The first-order chi connectivity index (χ1) is 14.1. The van der Waals surface area contributed by atoms with Gasteiger partial charge < -0.3 is 10.2 Å². The van der Waals surface area contributed by atoms with Crippen molar-refractivity contribution in [2.45, 2.75) is 112 Å². The summed E-state index contributed by atoms with van der Waals surface area (Å²) >= 11 is 0. The third-order valence-corrected chi connectivity index (χ3v) is 11.1. The summed E-state index contributed by atoms with van der Waals surface area (Å²) < 4.78 is 0. The summed E-state index contributed by atoms with van der Waals surface area (Å²) in [6, 6.07) is 0. The first-order valence-corrected chi connectivity index (χ1v) is 13.1. The number of rotatable bonds is 5. The van der Waals surface area contributed by atoms with Crippen molar-refractivity contribution in [1.82, 2.24) is 0 Å². The van der Waals surface area contributed by atoms with E-state index in [1.165, 1.54) is 44.1 Å². The van der Waals surface area contributed by atoms with E-state index in [1.54, 1.807) is 0 Å². The van der Waals surface area contributed by atoms with Crippen molar-refractivity contribution < 1.29 is 10.2 Å². The van der Waals surface area contributed by atoms with E-state index in [4.69, 9.17) is 0 Å². The maximum absolute atomic E-state index is 11.3. The smallest absolute Gasteiger partial charge is 0.0757 e. The number of hydrogen-bond acceptors (Lipinski definition) is 2. The van der Waals surface area contributed by atoms with Crippen LogP contribution in [0.25, 0.3) is 0 Å². The van der Waals surface area contributed by atoms with Gasteiger partial charge in [-0.1, -0.05) is 66.0 Å². The average molecular weight is 417 g/mol. The minimum atomic E-state index is -0.303. The third-order valence-electron chi connectivity index (χ3n) is 11.1. The molecule has 0 saturated heterocycles. The fourth-order valence-electron chi connectivity index (χ4n) is 8.67. The molecule has 0 aromatic heterocycles. The summed E-state index contributed by atoms with van der Waals surface area (Å²) in [6.45, 7) is 14.7. The Morgan fingerprint density at radius 1 is 0.933 bits per heavy atom. The molecule has 3 fully saturated rings. The molecule has 0 spiro atoms. The van der Waals surface area contributed by atoms with E-state index in [0.29, 0.717) is 23.2 Å². The van der Waals surface area contributed by atoms with Crippen LogP contribution in [-0.2, 0) is 0 Å². The van der Waals surface area contributed by atoms with Crippen molar-refractivity contribution in [2.75, 3.05) is 0 Å².